The van der Waals surface area contributed by atoms with Crippen molar-refractivity contribution >= 4 is 43.7 Å². The van der Waals surface area contributed by atoms with Crippen molar-refractivity contribution < 1.29 is 35.5 Å². The first kappa shape index (κ1) is 24.3. The molecule has 0 saturated heterocycles. The van der Waals surface area contributed by atoms with Crippen molar-refractivity contribution in [1.82, 2.24) is 4.98 Å². The molecule has 2 heterocycles. The molecule has 0 aliphatic carbocycles. The van der Waals surface area contributed by atoms with Crippen molar-refractivity contribution in [3.8, 4) is 10.6 Å². The van der Waals surface area contributed by atoms with Crippen LogP contribution in [-0.4, -0.2) is 43.5 Å². The standard InChI is InChI=1S/C16H16ClF4N3O4S2/c1-2-24(12(25)3-5-30(27,28)6-4-16(19,20)21)15-13(17)22-14(29-15)10-7-11(18)9-23(26)8-10/h7-9H,2-6H2,1H3. The van der Waals surface area contributed by atoms with E-state index >= 15 is 0 Å². The van der Waals surface area contributed by atoms with Gasteiger partial charge in [-0.15, -0.1) is 0 Å². The Balaban J connectivity index is 2.15. The first-order valence-corrected chi connectivity index (χ1v) is 11.5. The SMILES string of the molecule is CCN(C(=O)CCS(=O)(=O)CCC(F)(F)F)c1sc(-c2cc(F)c[n+]([O-])c2)nc1Cl. The number of thiazole rings is 1. The van der Waals surface area contributed by atoms with Crippen molar-refractivity contribution in [3.63, 3.8) is 0 Å². The van der Waals surface area contributed by atoms with Crippen LogP contribution in [0.15, 0.2) is 18.5 Å². The molecule has 2 rings (SSSR count). The molecule has 0 aliphatic rings. The average molecular weight is 490 g/mol. The number of aromatic nitrogens is 2. The summed E-state index contributed by atoms with van der Waals surface area (Å²) >= 11 is 6.95. The summed E-state index contributed by atoms with van der Waals surface area (Å²) in [7, 11) is -4.08. The van der Waals surface area contributed by atoms with Gasteiger partial charge in [-0.25, -0.2) is 17.8 Å². The molecular formula is C16H16ClF4N3O4S2. The van der Waals surface area contributed by atoms with Gasteiger partial charge < -0.3 is 10.1 Å². The first-order chi connectivity index (χ1) is 13.8. The maximum Gasteiger partial charge on any atom is 0.390 e. The highest BCUT2D eigenvalue weighted by Crippen LogP contribution is 2.37. The zero-order valence-electron chi connectivity index (χ0n) is 15.4. The third-order valence-electron chi connectivity index (χ3n) is 3.81. The number of rotatable bonds is 8. The zero-order valence-corrected chi connectivity index (χ0v) is 17.8. The Labute approximate surface area is 178 Å². The van der Waals surface area contributed by atoms with Crippen LogP contribution in [0.1, 0.15) is 19.8 Å². The fraction of sp³-hybridized carbons (Fsp3) is 0.438. The number of pyridine rings is 1. The first-order valence-electron chi connectivity index (χ1n) is 8.45. The summed E-state index contributed by atoms with van der Waals surface area (Å²) in [6.45, 7) is 1.66. The number of carbonyl (C=O) groups excluding carboxylic acids is 1. The summed E-state index contributed by atoms with van der Waals surface area (Å²) in [5.74, 6) is -3.33. The van der Waals surface area contributed by atoms with Gasteiger partial charge in [-0.1, -0.05) is 22.9 Å². The largest absolute Gasteiger partial charge is 0.619 e. The van der Waals surface area contributed by atoms with E-state index in [2.05, 4.69) is 4.98 Å². The van der Waals surface area contributed by atoms with Crippen molar-refractivity contribution in [1.29, 1.82) is 0 Å². The predicted octanol–water partition coefficient (Wildman–Crippen LogP) is 3.35. The Bertz CT molecular complexity index is 1010. The van der Waals surface area contributed by atoms with Gasteiger partial charge in [0.25, 0.3) is 0 Å². The van der Waals surface area contributed by atoms with Crippen LogP contribution < -0.4 is 9.63 Å². The Kier molecular flexibility index (Phi) is 7.64. The molecule has 30 heavy (non-hydrogen) atoms. The molecule has 0 aliphatic heterocycles. The van der Waals surface area contributed by atoms with Crippen molar-refractivity contribution in [2.75, 3.05) is 23.0 Å². The van der Waals surface area contributed by atoms with Gasteiger partial charge in [0.15, 0.2) is 27.0 Å². The smallest absolute Gasteiger partial charge is 0.390 e. The lowest BCUT2D eigenvalue weighted by atomic mass is 10.3. The van der Waals surface area contributed by atoms with Gasteiger partial charge >= 0.3 is 6.18 Å². The molecule has 0 bridgehead atoms. The molecule has 0 atom stereocenters. The van der Waals surface area contributed by atoms with Crippen LogP contribution in [-0.2, 0) is 14.6 Å². The number of hydrogen-bond acceptors (Lipinski definition) is 6. The number of carbonyl (C=O) groups is 1. The molecule has 1 amide bonds. The van der Waals surface area contributed by atoms with Crippen molar-refractivity contribution in [2.45, 2.75) is 25.9 Å². The lowest BCUT2D eigenvalue weighted by Gasteiger charge is -2.19. The molecule has 7 nitrogen and oxygen atoms in total. The van der Waals surface area contributed by atoms with E-state index in [0.29, 0.717) is 6.20 Å². The molecular weight excluding hydrogens is 474 g/mol. The van der Waals surface area contributed by atoms with Crippen LogP contribution in [0.2, 0.25) is 5.15 Å². The third-order valence-corrected chi connectivity index (χ3v) is 6.97. The topological polar surface area (TPSA) is 94.3 Å². The van der Waals surface area contributed by atoms with E-state index < -0.39 is 52.1 Å². The molecule has 0 N–H and O–H groups in total. The molecule has 0 fully saturated rings. The fourth-order valence-corrected chi connectivity index (χ4v) is 5.01. The number of hydrogen-bond donors (Lipinski definition) is 0. The summed E-state index contributed by atoms with van der Waals surface area (Å²) in [5, 5.41) is 11.6. The molecule has 0 spiro atoms. The van der Waals surface area contributed by atoms with E-state index in [4.69, 9.17) is 11.6 Å². The molecule has 14 heteroatoms. The second kappa shape index (κ2) is 9.43. The van der Waals surface area contributed by atoms with Gasteiger partial charge in [0.05, 0.1) is 23.5 Å². The number of anilines is 1. The highest BCUT2D eigenvalue weighted by atomic mass is 35.5. The number of sulfone groups is 1. The summed E-state index contributed by atoms with van der Waals surface area (Å²) in [4.78, 5) is 17.6. The van der Waals surface area contributed by atoms with E-state index in [9.17, 15) is 36.0 Å². The second-order valence-electron chi connectivity index (χ2n) is 6.12. The van der Waals surface area contributed by atoms with E-state index in [-0.39, 0.29) is 32.0 Å². The lowest BCUT2D eigenvalue weighted by Crippen LogP contribution is -2.32. The van der Waals surface area contributed by atoms with Gasteiger partial charge in [0.2, 0.25) is 12.1 Å². The van der Waals surface area contributed by atoms with Crippen molar-refractivity contribution in [3.05, 3.63) is 34.6 Å². The summed E-state index contributed by atoms with van der Waals surface area (Å²) < 4.78 is 73.9. The molecule has 2 aromatic rings. The van der Waals surface area contributed by atoms with Gasteiger partial charge in [0.1, 0.15) is 10.0 Å². The molecule has 0 unspecified atom stereocenters. The number of halogens is 5. The van der Waals surface area contributed by atoms with Crippen LogP contribution in [0.3, 0.4) is 0 Å². The molecule has 2 aromatic heterocycles. The number of alkyl halides is 3. The molecule has 0 saturated carbocycles. The van der Waals surface area contributed by atoms with Crippen LogP contribution >= 0.6 is 22.9 Å². The molecule has 166 valence electrons. The molecule has 0 aromatic carbocycles. The normalized spacial score (nSPS) is 12.2. The van der Waals surface area contributed by atoms with Gasteiger partial charge in [0, 0.05) is 13.0 Å². The van der Waals surface area contributed by atoms with E-state index in [1.165, 1.54) is 0 Å². The minimum absolute atomic E-state index is 0.0769. The Hall–Kier alpha value is -1.99. The highest BCUT2D eigenvalue weighted by Gasteiger charge is 2.30. The lowest BCUT2D eigenvalue weighted by molar-refractivity contribution is -0.606. The average Bonchev–Trinajstić information content (AvgIpc) is 3.00. The molecule has 0 radical (unpaired) electrons. The monoisotopic (exact) mass is 489 g/mol. The number of nitrogens with zero attached hydrogens (tertiary/aromatic N) is 3. The number of amides is 1. The second-order valence-corrected chi connectivity index (χ2v) is 9.76. The van der Waals surface area contributed by atoms with Crippen LogP contribution in [0.5, 0.6) is 0 Å². The van der Waals surface area contributed by atoms with E-state index in [1.807, 2.05) is 0 Å². The van der Waals surface area contributed by atoms with Crippen LogP contribution in [0.25, 0.3) is 10.6 Å². The maximum atomic E-state index is 13.5. The van der Waals surface area contributed by atoms with Crippen LogP contribution in [0.4, 0.5) is 22.6 Å². The Morgan fingerprint density at radius 1 is 1.33 bits per heavy atom. The Morgan fingerprint density at radius 3 is 2.57 bits per heavy atom. The maximum absolute atomic E-state index is 13.5. The summed E-state index contributed by atoms with van der Waals surface area (Å²) in [5.41, 5.74) is 0.126. The minimum atomic E-state index is -4.61. The summed E-state index contributed by atoms with van der Waals surface area (Å²) in [6, 6.07) is 1.05. The van der Waals surface area contributed by atoms with Crippen LogP contribution in [0, 0.1) is 11.0 Å². The summed E-state index contributed by atoms with van der Waals surface area (Å²) in [6.07, 6.45) is -4.87. The Morgan fingerprint density at radius 2 is 2.00 bits per heavy atom. The zero-order chi connectivity index (χ0) is 22.7. The van der Waals surface area contributed by atoms with E-state index in [1.54, 1.807) is 6.92 Å². The van der Waals surface area contributed by atoms with Gasteiger partial charge in [-0.2, -0.15) is 17.9 Å². The predicted molar refractivity (Wildman–Crippen MR) is 103 cm³/mol. The minimum Gasteiger partial charge on any atom is -0.619 e. The van der Waals surface area contributed by atoms with Gasteiger partial charge in [-0.3, -0.25) is 4.79 Å². The highest BCUT2D eigenvalue weighted by molar-refractivity contribution is 7.91. The van der Waals surface area contributed by atoms with E-state index in [0.717, 1.165) is 28.5 Å². The third kappa shape index (κ3) is 6.77. The quantitative estimate of drug-likeness (QED) is 0.322. The van der Waals surface area contributed by atoms with Gasteiger partial charge in [-0.05, 0) is 13.0 Å². The fourth-order valence-electron chi connectivity index (χ4n) is 2.40. The van der Waals surface area contributed by atoms with Crippen molar-refractivity contribution in [2.24, 2.45) is 0 Å².